The lowest BCUT2D eigenvalue weighted by Gasteiger charge is -2.35. The molecule has 1 unspecified atom stereocenters. The van der Waals surface area contributed by atoms with Crippen molar-refractivity contribution < 1.29 is 5.21 Å². The van der Waals surface area contributed by atoms with E-state index in [4.69, 9.17) is 5.21 Å². The van der Waals surface area contributed by atoms with E-state index in [2.05, 4.69) is 40.4 Å². The summed E-state index contributed by atoms with van der Waals surface area (Å²) in [5.74, 6) is 0. The molecule has 2 atom stereocenters. The van der Waals surface area contributed by atoms with Gasteiger partial charge < -0.3 is 5.21 Å². The quantitative estimate of drug-likeness (QED) is 0.626. The van der Waals surface area contributed by atoms with Gasteiger partial charge in [0.15, 0.2) is 0 Å². The molecule has 0 radical (unpaired) electrons. The number of oxime groups is 1. The van der Waals surface area contributed by atoms with Crippen molar-refractivity contribution in [2.45, 2.75) is 44.3 Å². The summed E-state index contributed by atoms with van der Waals surface area (Å²) in [6.07, 6.45) is 4.38. The summed E-state index contributed by atoms with van der Waals surface area (Å²) < 4.78 is 0. The van der Waals surface area contributed by atoms with Crippen LogP contribution in [0.15, 0.2) is 35.5 Å². The Balaban J connectivity index is 1.74. The van der Waals surface area contributed by atoms with Crippen LogP contribution >= 0.6 is 0 Å². The fraction of sp³-hybridized carbons (Fsp3) is 0.500. The van der Waals surface area contributed by atoms with Gasteiger partial charge in [-0.1, -0.05) is 35.5 Å². The first-order valence-corrected chi connectivity index (χ1v) is 6.36. The molecule has 2 aliphatic rings. The van der Waals surface area contributed by atoms with E-state index >= 15 is 0 Å². The third-order valence-electron chi connectivity index (χ3n) is 4.06. The van der Waals surface area contributed by atoms with Gasteiger partial charge in [-0.05, 0) is 18.4 Å². The average Bonchev–Trinajstić information content (AvgIpc) is 2.63. The Morgan fingerprint density at radius 2 is 1.76 bits per heavy atom. The highest BCUT2D eigenvalue weighted by Gasteiger charge is 2.39. The van der Waals surface area contributed by atoms with Crippen LogP contribution in [-0.2, 0) is 6.54 Å². The van der Waals surface area contributed by atoms with Gasteiger partial charge in [0.05, 0.1) is 5.71 Å². The Morgan fingerprint density at radius 1 is 1.12 bits per heavy atom. The zero-order valence-corrected chi connectivity index (χ0v) is 9.92. The van der Waals surface area contributed by atoms with Crippen LogP contribution in [0.4, 0.5) is 0 Å². The van der Waals surface area contributed by atoms with Gasteiger partial charge in [0.2, 0.25) is 0 Å². The van der Waals surface area contributed by atoms with Crippen LogP contribution in [0.25, 0.3) is 0 Å². The zero-order chi connectivity index (χ0) is 11.7. The topological polar surface area (TPSA) is 35.8 Å². The van der Waals surface area contributed by atoms with Gasteiger partial charge in [-0.3, -0.25) is 4.90 Å². The molecule has 17 heavy (non-hydrogen) atoms. The Bertz CT molecular complexity index is 399. The number of hydrogen-bond acceptors (Lipinski definition) is 3. The Hall–Kier alpha value is -1.35. The van der Waals surface area contributed by atoms with Crippen molar-refractivity contribution in [3.63, 3.8) is 0 Å². The van der Waals surface area contributed by atoms with Crippen LogP contribution in [0.5, 0.6) is 0 Å². The van der Waals surface area contributed by atoms with Crippen LogP contribution in [0.2, 0.25) is 0 Å². The number of piperidine rings is 1. The van der Waals surface area contributed by atoms with E-state index in [1.165, 1.54) is 18.4 Å². The molecule has 1 aromatic carbocycles. The number of rotatable bonds is 2. The van der Waals surface area contributed by atoms with Gasteiger partial charge in [0.25, 0.3) is 0 Å². The van der Waals surface area contributed by atoms with Gasteiger partial charge in [-0.2, -0.15) is 0 Å². The van der Waals surface area contributed by atoms with E-state index in [1.807, 2.05) is 0 Å². The minimum Gasteiger partial charge on any atom is -0.411 e. The lowest BCUT2D eigenvalue weighted by atomic mass is 10.00. The maximum Gasteiger partial charge on any atom is 0.0601 e. The second kappa shape index (κ2) is 4.49. The van der Waals surface area contributed by atoms with Crippen molar-refractivity contribution >= 4 is 5.71 Å². The van der Waals surface area contributed by atoms with Crippen molar-refractivity contribution in [2.24, 2.45) is 5.16 Å². The van der Waals surface area contributed by atoms with Crippen molar-refractivity contribution in [1.82, 2.24) is 4.90 Å². The number of benzene rings is 1. The van der Waals surface area contributed by atoms with Crippen LogP contribution in [0.3, 0.4) is 0 Å². The summed E-state index contributed by atoms with van der Waals surface area (Å²) in [5, 5.41) is 12.3. The Morgan fingerprint density at radius 3 is 2.35 bits per heavy atom. The summed E-state index contributed by atoms with van der Waals surface area (Å²) in [7, 11) is 0. The molecule has 0 spiro atoms. The maximum atomic E-state index is 8.90. The highest BCUT2D eigenvalue weighted by molar-refractivity contribution is 5.86. The summed E-state index contributed by atoms with van der Waals surface area (Å²) in [4.78, 5) is 2.59. The number of hydrogen-bond donors (Lipinski definition) is 1. The molecule has 90 valence electrons. The molecule has 3 rings (SSSR count). The molecule has 0 aromatic heterocycles. The summed E-state index contributed by atoms with van der Waals surface area (Å²) in [5.41, 5.74) is 2.37. The minimum absolute atomic E-state index is 0.583. The Labute approximate surface area is 102 Å². The SMILES string of the molecule is ON=C1CC2CC[C@H](C1)N2Cc1ccccc1. The third-order valence-corrected chi connectivity index (χ3v) is 4.06. The van der Waals surface area contributed by atoms with E-state index in [-0.39, 0.29) is 0 Å². The number of nitrogens with zero attached hydrogens (tertiary/aromatic N) is 2. The van der Waals surface area contributed by atoms with Crippen LogP contribution in [-0.4, -0.2) is 27.9 Å². The highest BCUT2D eigenvalue weighted by atomic mass is 16.4. The highest BCUT2D eigenvalue weighted by Crippen LogP contribution is 2.35. The van der Waals surface area contributed by atoms with E-state index < -0.39 is 0 Å². The average molecular weight is 230 g/mol. The molecule has 2 saturated heterocycles. The van der Waals surface area contributed by atoms with Gasteiger partial charge in [0.1, 0.15) is 0 Å². The molecule has 2 aliphatic heterocycles. The number of fused-ring (bicyclic) bond motifs is 2. The first-order chi connectivity index (χ1) is 8.36. The van der Waals surface area contributed by atoms with Gasteiger partial charge >= 0.3 is 0 Å². The van der Waals surface area contributed by atoms with Crippen LogP contribution in [0, 0.1) is 0 Å². The molecule has 2 bridgehead atoms. The van der Waals surface area contributed by atoms with E-state index in [0.29, 0.717) is 12.1 Å². The predicted molar refractivity (Wildman–Crippen MR) is 67.3 cm³/mol. The van der Waals surface area contributed by atoms with Crippen LogP contribution in [0.1, 0.15) is 31.2 Å². The van der Waals surface area contributed by atoms with Gasteiger partial charge in [-0.15, -0.1) is 0 Å². The standard InChI is InChI=1S/C14H18N2O/c17-15-12-8-13-6-7-14(9-12)16(13)10-11-4-2-1-3-5-11/h1-5,13-14,17H,6-10H2/t13-,14?/m1/s1. The zero-order valence-electron chi connectivity index (χ0n) is 9.92. The summed E-state index contributed by atoms with van der Waals surface area (Å²) >= 11 is 0. The smallest absolute Gasteiger partial charge is 0.0601 e. The van der Waals surface area contributed by atoms with Gasteiger partial charge in [0, 0.05) is 31.5 Å². The molecule has 2 heterocycles. The van der Waals surface area contributed by atoms with Crippen molar-refractivity contribution in [3.8, 4) is 0 Å². The maximum absolute atomic E-state index is 8.90. The Kier molecular flexibility index (Phi) is 2.85. The normalized spacial score (nSPS) is 30.9. The fourth-order valence-electron chi connectivity index (χ4n) is 3.21. The van der Waals surface area contributed by atoms with E-state index in [9.17, 15) is 0 Å². The summed E-state index contributed by atoms with van der Waals surface area (Å²) in [6, 6.07) is 11.8. The molecule has 2 fully saturated rings. The first kappa shape index (κ1) is 10.8. The molecule has 1 N–H and O–H groups in total. The third kappa shape index (κ3) is 2.07. The lowest BCUT2D eigenvalue weighted by Crippen LogP contribution is -2.42. The lowest BCUT2D eigenvalue weighted by molar-refractivity contribution is 0.171. The molecular weight excluding hydrogens is 212 g/mol. The summed E-state index contributed by atoms with van der Waals surface area (Å²) in [6.45, 7) is 1.04. The fourth-order valence-corrected chi connectivity index (χ4v) is 3.21. The second-order valence-electron chi connectivity index (χ2n) is 5.12. The monoisotopic (exact) mass is 230 g/mol. The van der Waals surface area contributed by atoms with E-state index in [0.717, 1.165) is 25.1 Å². The first-order valence-electron chi connectivity index (χ1n) is 6.36. The van der Waals surface area contributed by atoms with Crippen molar-refractivity contribution in [2.75, 3.05) is 0 Å². The van der Waals surface area contributed by atoms with Crippen molar-refractivity contribution in [1.29, 1.82) is 0 Å². The largest absolute Gasteiger partial charge is 0.411 e. The molecule has 3 nitrogen and oxygen atoms in total. The minimum atomic E-state index is 0.583. The van der Waals surface area contributed by atoms with Gasteiger partial charge in [-0.25, -0.2) is 0 Å². The van der Waals surface area contributed by atoms with Crippen molar-refractivity contribution in [3.05, 3.63) is 35.9 Å². The molecular formula is C14H18N2O. The predicted octanol–water partition coefficient (Wildman–Crippen LogP) is 2.64. The molecule has 3 heteroatoms. The van der Waals surface area contributed by atoms with Crippen LogP contribution < -0.4 is 0 Å². The molecule has 0 amide bonds. The van der Waals surface area contributed by atoms with E-state index in [1.54, 1.807) is 0 Å². The molecule has 0 aliphatic carbocycles. The second-order valence-corrected chi connectivity index (χ2v) is 5.12. The molecule has 0 saturated carbocycles. The molecule has 1 aromatic rings.